The molecule has 2 rings (SSSR count). The minimum atomic E-state index is 0.597. The first-order valence-corrected chi connectivity index (χ1v) is 8.12. The third-order valence-corrected chi connectivity index (χ3v) is 4.89. The summed E-state index contributed by atoms with van der Waals surface area (Å²) in [7, 11) is 0. The van der Waals surface area contributed by atoms with Crippen LogP contribution in [0.25, 0.3) is 0 Å². The lowest BCUT2D eigenvalue weighted by Crippen LogP contribution is -2.53. The largest absolute Gasteiger partial charge is 0.368 e. The predicted octanol–water partition coefficient (Wildman–Crippen LogP) is 3.91. The summed E-state index contributed by atoms with van der Waals surface area (Å²) in [6, 6.07) is 8.11. The van der Waals surface area contributed by atoms with Gasteiger partial charge in [0.15, 0.2) is 0 Å². The summed E-state index contributed by atoms with van der Waals surface area (Å²) in [5, 5.41) is 3.72. The Labute approximate surface area is 124 Å². The summed E-state index contributed by atoms with van der Waals surface area (Å²) >= 11 is 0. The Bertz CT molecular complexity index is 441. The zero-order valence-corrected chi connectivity index (χ0v) is 13.7. The normalized spacial score (nSPS) is 26.9. The SMILES string of the molecule is CCCNC1CCN(c2ccc(C)cc2C)C(C)C1C. The van der Waals surface area contributed by atoms with E-state index in [2.05, 4.69) is 63.0 Å². The lowest BCUT2D eigenvalue weighted by atomic mass is 9.86. The monoisotopic (exact) mass is 274 g/mol. The molecule has 1 heterocycles. The molecule has 0 bridgehead atoms. The third-order valence-electron chi connectivity index (χ3n) is 4.89. The highest BCUT2D eigenvalue weighted by Crippen LogP contribution is 2.31. The van der Waals surface area contributed by atoms with E-state index in [4.69, 9.17) is 0 Å². The minimum Gasteiger partial charge on any atom is -0.368 e. The van der Waals surface area contributed by atoms with Crippen LogP contribution in [-0.4, -0.2) is 25.2 Å². The molecule has 0 spiro atoms. The average Bonchev–Trinajstić information content (AvgIpc) is 2.41. The minimum absolute atomic E-state index is 0.597. The van der Waals surface area contributed by atoms with Crippen LogP contribution in [0.1, 0.15) is 44.7 Å². The van der Waals surface area contributed by atoms with Crippen LogP contribution in [0.5, 0.6) is 0 Å². The molecule has 0 amide bonds. The molecule has 1 fully saturated rings. The zero-order chi connectivity index (χ0) is 14.7. The maximum atomic E-state index is 3.72. The molecule has 2 nitrogen and oxygen atoms in total. The molecule has 3 atom stereocenters. The number of hydrogen-bond donors (Lipinski definition) is 1. The van der Waals surface area contributed by atoms with Gasteiger partial charge in [-0.2, -0.15) is 0 Å². The highest BCUT2D eigenvalue weighted by Gasteiger charge is 2.32. The Morgan fingerprint density at radius 2 is 2.00 bits per heavy atom. The molecule has 112 valence electrons. The fourth-order valence-corrected chi connectivity index (χ4v) is 3.45. The van der Waals surface area contributed by atoms with Gasteiger partial charge in [0.2, 0.25) is 0 Å². The summed E-state index contributed by atoms with van der Waals surface area (Å²) in [5.41, 5.74) is 4.18. The van der Waals surface area contributed by atoms with Crippen LogP contribution in [0.15, 0.2) is 18.2 Å². The summed E-state index contributed by atoms with van der Waals surface area (Å²) in [4.78, 5) is 2.60. The molecule has 1 aromatic carbocycles. The molecule has 1 saturated heterocycles. The van der Waals surface area contributed by atoms with Gasteiger partial charge in [0, 0.05) is 24.3 Å². The van der Waals surface area contributed by atoms with Crippen molar-refractivity contribution in [3.8, 4) is 0 Å². The van der Waals surface area contributed by atoms with Crippen molar-refractivity contribution in [1.82, 2.24) is 5.32 Å². The van der Waals surface area contributed by atoms with Crippen molar-refractivity contribution in [2.45, 2.75) is 59.5 Å². The van der Waals surface area contributed by atoms with Crippen molar-refractivity contribution >= 4 is 5.69 Å². The third kappa shape index (κ3) is 3.17. The van der Waals surface area contributed by atoms with Crippen LogP contribution < -0.4 is 10.2 Å². The second kappa shape index (κ2) is 6.62. The maximum Gasteiger partial charge on any atom is 0.0398 e. The van der Waals surface area contributed by atoms with Crippen LogP contribution in [-0.2, 0) is 0 Å². The first kappa shape index (κ1) is 15.4. The molecule has 20 heavy (non-hydrogen) atoms. The predicted molar refractivity (Wildman–Crippen MR) is 88.6 cm³/mol. The molecule has 0 radical (unpaired) electrons. The van der Waals surface area contributed by atoms with Gasteiger partial charge in [-0.3, -0.25) is 0 Å². The van der Waals surface area contributed by atoms with Gasteiger partial charge in [-0.05, 0) is 57.7 Å². The summed E-state index contributed by atoms with van der Waals surface area (Å²) in [5.74, 6) is 0.691. The van der Waals surface area contributed by atoms with Crippen LogP contribution in [0.4, 0.5) is 5.69 Å². The highest BCUT2D eigenvalue weighted by atomic mass is 15.2. The van der Waals surface area contributed by atoms with E-state index in [1.165, 1.54) is 29.7 Å². The van der Waals surface area contributed by atoms with Crippen molar-refractivity contribution in [3.05, 3.63) is 29.3 Å². The fraction of sp³-hybridized carbons (Fsp3) is 0.667. The van der Waals surface area contributed by atoms with Gasteiger partial charge in [0.05, 0.1) is 0 Å². The van der Waals surface area contributed by atoms with Gasteiger partial charge in [-0.15, -0.1) is 0 Å². The quantitative estimate of drug-likeness (QED) is 0.895. The Balaban J connectivity index is 2.11. The van der Waals surface area contributed by atoms with Gasteiger partial charge in [0.25, 0.3) is 0 Å². The average molecular weight is 274 g/mol. The van der Waals surface area contributed by atoms with E-state index in [-0.39, 0.29) is 0 Å². The highest BCUT2D eigenvalue weighted by molar-refractivity contribution is 5.55. The van der Waals surface area contributed by atoms with Gasteiger partial charge in [-0.25, -0.2) is 0 Å². The number of rotatable bonds is 4. The molecule has 0 aliphatic carbocycles. The van der Waals surface area contributed by atoms with Gasteiger partial charge in [-0.1, -0.05) is 31.5 Å². The lowest BCUT2D eigenvalue weighted by molar-refractivity contribution is 0.271. The first-order chi connectivity index (χ1) is 9.54. The second-order valence-corrected chi connectivity index (χ2v) is 6.43. The number of benzene rings is 1. The van der Waals surface area contributed by atoms with Crippen molar-refractivity contribution < 1.29 is 0 Å². The van der Waals surface area contributed by atoms with Crippen LogP contribution in [0.3, 0.4) is 0 Å². The van der Waals surface area contributed by atoms with Crippen molar-refractivity contribution in [3.63, 3.8) is 0 Å². The van der Waals surface area contributed by atoms with Gasteiger partial charge in [0.1, 0.15) is 0 Å². The number of anilines is 1. The van der Waals surface area contributed by atoms with E-state index in [1.807, 2.05) is 0 Å². The smallest absolute Gasteiger partial charge is 0.0398 e. The molecular weight excluding hydrogens is 244 g/mol. The molecule has 0 saturated carbocycles. The molecule has 1 N–H and O–H groups in total. The van der Waals surface area contributed by atoms with E-state index < -0.39 is 0 Å². The Kier molecular flexibility index (Phi) is 5.09. The Morgan fingerprint density at radius 3 is 2.65 bits per heavy atom. The van der Waals surface area contributed by atoms with E-state index in [1.54, 1.807) is 0 Å². The zero-order valence-electron chi connectivity index (χ0n) is 13.7. The Morgan fingerprint density at radius 1 is 1.25 bits per heavy atom. The molecule has 2 heteroatoms. The van der Waals surface area contributed by atoms with Crippen LogP contribution in [0.2, 0.25) is 0 Å². The van der Waals surface area contributed by atoms with Crippen LogP contribution in [0, 0.1) is 19.8 Å². The number of aryl methyl sites for hydroxylation is 2. The second-order valence-electron chi connectivity index (χ2n) is 6.43. The summed E-state index contributed by atoms with van der Waals surface area (Å²) in [6.07, 6.45) is 2.47. The van der Waals surface area contributed by atoms with Crippen molar-refractivity contribution in [2.24, 2.45) is 5.92 Å². The lowest BCUT2D eigenvalue weighted by Gasteiger charge is -2.45. The number of piperidine rings is 1. The van der Waals surface area contributed by atoms with Gasteiger partial charge >= 0.3 is 0 Å². The van der Waals surface area contributed by atoms with Crippen molar-refractivity contribution in [2.75, 3.05) is 18.0 Å². The number of nitrogens with one attached hydrogen (secondary N) is 1. The molecular formula is C18H30N2. The first-order valence-electron chi connectivity index (χ1n) is 8.12. The number of nitrogens with zero attached hydrogens (tertiary/aromatic N) is 1. The molecule has 0 aromatic heterocycles. The van der Waals surface area contributed by atoms with Crippen molar-refractivity contribution in [1.29, 1.82) is 0 Å². The molecule has 1 aliphatic rings. The fourth-order valence-electron chi connectivity index (χ4n) is 3.45. The summed E-state index contributed by atoms with van der Waals surface area (Å²) in [6.45, 7) is 13.7. The van der Waals surface area contributed by atoms with E-state index in [0.717, 1.165) is 13.1 Å². The topological polar surface area (TPSA) is 15.3 Å². The molecule has 1 aliphatic heterocycles. The van der Waals surface area contributed by atoms with E-state index >= 15 is 0 Å². The molecule has 1 aromatic rings. The van der Waals surface area contributed by atoms with E-state index in [9.17, 15) is 0 Å². The van der Waals surface area contributed by atoms with E-state index in [0.29, 0.717) is 18.0 Å². The van der Waals surface area contributed by atoms with Crippen LogP contribution >= 0.6 is 0 Å². The summed E-state index contributed by atoms with van der Waals surface area (Å²) < 4.78 is 0. The standard InChI is InChI=1S/C18H30N2/c1-6-10-19-17-9-11-20(16(5)15(17)4)18-8-7-13(2)12-14(18)3/h7-8,12,15-17,19H,6,9-11H2,1-5H3. The molecule has 3 unspecified atom stereocenters. The maximum absolute atomic E-state index is 3.72. The number of hydrogen-bond acceptors (Lipinski definition) is 2. The van der Waals surface area contributed by atoms with Gasteiger partial charge < -0.3 is 10.2 Å². The Hall–Kier alpha value is -1.02.